The minimum Gasteiger partial charge on any atom is -0.349 e. The van der Waals surface area contributed by atoms with Crippen LogP contribution in [-0.4, -0.2) is 39.9 Å². The zero-order valence-electron chi connectivity index (χ0n) is 14.4. The van der Waals surface area contributed by atoms with Crippen molar-refractivity contribution in [1.82, 2.24) is 20.2 Å². The number of rotatable bonds is 4. The number of piperidine rings is 1. The molecule has 3 heterocycles. The zero-order chi connectivity index (χ0) is 17.1. The lowest BCUT2D eigenvalue weighted by Crippen LogP contribution is -2.54. The molecule has 0 unspecified atom stereocenters. The number of pyridine rings is 2. The summed E-state index contributed by atoms with van der Waals surface area (Å²) in [6, 6.07) is 9.96. The third-order valence-electron chi connectivity index (χ3n) is 5.67. The van der Waals surface area contributed by atoms with Crippen LogP contribution in [0.2, 0.25) is 0 Å². The van der Waals surface area contributed by atoms with Gasteiger partial charge in [0.15, 0.2) is 0 Å². The molecule has 1 N–H and O–H groups in total. The van der Waals surface area contributed by atoms with Crippen molar-refractivity contribution in [3.8, 4) is 0 Å². The molecule has 1 saturated carbocycles. The third kappa shape index (κ3) is 3.71. The molecule has 0 aromatic carbocycles. The van der Waals surface area contributed by atoms with Crippen molar-refractivity contribution in [2.24, 2.45) is 5.41 Å². The summed E-state index contributed by atoms with van der Waals surface area (Å²) >= 11 is 0. The minimum atomic E-state index is 0.0230. The standard InChI is InChI=1S/C20H24N4O/c25-19(16-4-9-21-10-5-16)23-18-13-20(14-18)6-11-24(12-7-20)15-17-3-1-2-8-22-17/h1-5,8-10,18H,6-7,11-15H2,(H,23,25). The van der Waals surface area contributed by atoms with Crippen molar-refractivity contribution in [3.63, 3.8) is 0 Å². The molecule has 0 atom stereocenters. The lowest BCUT2D eigenvalue weighted by atomic mass is 9.60. The van der Waals surface area contributed by atoms with Crippen LogP contribution in [0, 0.1) is 5.41 Å². The highest BCUT2D eigenvalue weighted by Gasteiger charge is 2.46. The van der Waals surface area contributed by atoms with Crippen LogP contribution >= 0.6 is 0 Å². The van der Waals surface area contributed by atoms with E-state index < -0.39 is 0 Å². The van der Waals surface area contributed by atoms with Gasteiger partial charge in [-0.15, -0.1) is 0 Å². The number of amides is 1. The van der Waals surface area contributed by atoms with E-state index in [1.54, 1.807) is 24.5 Å². The van der Waals surface area contributed by atoms with Crippen molar-refractivity contribution < 1.29 is 4.79 Å². The Morgan fingerprint density at radius 1 is 1.12 bits per heavy atom. The molecule has 4 rings (SSSR count). The summed E-state index contributed by atoms with van der Waals surface area (Å²) in [6.45, 7) is 3.20. The average Bonchev–Trinajstić information content (AvgIpc) is 2.63. The molecule has 1 amide bonds. The van der Waals surface area contributed by atoms with Gasteiger partial charge in [0.05, 0.1) is 5.69 Å². The molecule has 130 valence electrons. The van der Waals surface area contributed by atoms with Gasteiger partial charge in [-0.3, -0.25) is 19.7 Å². The van der Waals surface area contributed by atoms with E-state index in [4.69, 9.17) is 0 Å². The van der Waals surface area contributed by atoms with Crippen molar-refractivity contribution >= 4 is 5.91 Å². The van der Waals surface area contributed by atoms with Crippen molar-refractivity contribution in [3.05, 3.63) is 60.2 Å². The van der Waals surface area contributed by atoms with Crippen molar-refractivity contribution in [2.45, 2.75) is 38.3 Å². The number of nitrogens with one attached hydrogen (secondary N) is 1. The lowest BCUT2D eigenvalue weighted by molar-refractivity contribution is 0.00436. The normalized spacial score (nSPS) is 20.2. The Hall–Kier alpha value is -2.27. The molecule has 1 aliphatic heterocycles. The molecule has 2 aromatic heterocycles. The summed E-state index contributed by atoms with van der Waals surface area (Å²) in [5.74, 6) is 0.0230. The van der Waals surface area contributed by atoms with Crippen LogP contribution in [0.4, 0.5) is 0 Å². The van der Waals surface area contributed by atoms with Crippen molar-refractivity contribution in [1.29, 1.82) is 0 Å². The van der Waals surface area contributed by atoms with Crippen molar-refractivity contribution in [2.75, 3.05) is 13.1 Å². The van der Waals surface area contributed by atoms with E-state index in [0.717, 1.165) is 38.2 Å². The molecule has 0 bridgehead atoms. The van der Waals surface area contributed by atoms with Crippen LogP contribution in [-0.2, 0) is 6.54 Å². The van der Waals surface area contributed by atoms with Gasteiger partial charge in [-0.1, -0.05) is 6.07 Å². The van der Waals surface area contributed by atoms with Gasteiger partial charge in [0.1, 0.15) is 0 Å². The molecule has 2 aliphatic rings. The van der Waals surface area contributed by atoms with Crippen LogP contribution in [0.1, 0.15) is 41.7 Å². The number of carbonyl (C=O) groups excluding carboxylic acids is 1. The summed E-state index contributed by atoms with van der Waals surface area (Å²) in [6.07, 6.45) is 9.86. The first kappa shape index (κ1) is 16.2. The SMILES string of the molecule is O=C(NC1CC2(CCN(Cc3ccccn3)CC2)C1)c1ccncc1. The van der Waals surface area contributed by atoms with Gasteiger partial charge in [-0.25, -0.2) is 0 Å². The zero-order valence-corrected chi connectivity index (χ0v) is 14.4. The van der Waals surface area contributed by atoms with Gasteiger partial charge in [-0.05, 0) is 68.5 Å². The second kappa shape index (κ2) is 6.92. The monoisotopic (exact) mass is 336 g/mol. The minimum absolute atomic E-state index is 0.0230. The van der Waals surface area contributed by atoms with Gasteiger partial charge >= 0.3 is 0 Å². The third-order valence-corrected chi connectivity index (χ3v) is 5.67. The lowest BCUT2D eigenvalue weighted by Gasteiger charge is -2.52. The number of carbonyl (C=O) groups is 1. The van der Waals surface area contributed by atoms with E-state index in [2.05, 4.69) is 32.3 Å². The maximum Gasteiger partial charge on any atom is 0.251 e. The summed E-state index contributed by atoms with van der Waals surface area (Å²) in [5, 5.41) is 3.16. The van der Waals surface area contributed by atoms with Gasteiger partial charge in [0.25, 0.3) is 5.91 Å². The van der Waals surface area contributed by atoms with E-state index in [-0.39, 0.29) is 5.91 Å². The maximum atomic E-state index is 12.2. The quantitative estimate of drug-likeness (QED) is 0.932. The molecule has 0 radical (unpaired) electrons. The molecular weight excluding hydrogens is 312 g/mol. The largest absolute Gasteiger partial charge is 0.349 e. The Bertz CT molecular complexity index is 703. The molecule has 25 heavy (non-hydrogen) atoms. The van der Waals surface area contributed by atoms with Gasteiger partial charge in [-0.2, -0.15) is 0 Å². The first-order chi connectivity index (χ1) is 12.2. The molecule has 1 saturated heterocycles. The fraction of sp³-hybridized carbons (Fsp3) is 0.450. The highest BCUT2D eigenvalue weighted by atomic mass is 16.1. The molecular formula is C20H24N4O. The average molecular weight is 336 g/mol. The second-order valence-corrected chi connectivity index (χ2v) is 7.41. The smallest absolute Gasteiger partial charge is 0.251 e. The highest BCUT2D eigenvalue weighted by Crippen LogP contribution is 2.49. The summed E-state index contributed by atoms with van der Waals surface area (Å²) in [4.78, 5) is 23.1. The van der Waals surface area contributed by atoms with Gasteiger partial charge in [0.2, 0.25) is 0 Å². The number of aromatic nitrogens is 2. The topological polar surface area (TPSA) is 58.1 Å². The molecule has 1 aliphatic carbocycles. The molecule has 2 aromatic rings. The van der Waals surface area contributed by atoms with E-state index >= 15 is 0 Å². The Labute approximate surface area is 148 Å². The van der Waals surface area contributed by atoms with Crippen LogP contribution in [0.15, 0.2) is 48.9 Å². The van der Waals surface area contributed by atoms with Crippen LogP contribution in [0.5, 0.6) is 0 Å². The summed E-state index contributed by atoms with van der Waals surface area (Å²) in [5.41, 5.74) is 2.28. The number of hydrogen-bond donors (Lipinski definition) is 1. The number of nitrogens with zero attached hydrogens (tertiary/aromatic N) is 3. The molecule has 1 spiro atoms. The maximum absolute atomic E-state index is 12.2. The predicted octanol–water partition coefficient (Wildman–Crippen LogP) is 2.65. The van der Waals surface area contributed by atoms with E-state index in [1.165, 1.54) is 12.8 Å². The van der Waals surface area contributed by atoms with Crippen LogP contribution in [0.25, 0.3) is 0 Å². The van der Waals surface area contributed by atoms with Gasteiger partial charge < -0.3 is 5.32 Å². The molecule has 5 heteroatoms. The van der Waals surface area contributed by atoms with Crippen LogP contribution < -0.4 is 5.32 Å². The predicted molar refractivity (Wildman–Crippen MR) is 95.9 cm³/mol. The first-order valence-corrected chi connectivity index (χ1v) is 9.06. The number of likely N-dealkylation sites (tertiary alicyclic amines) is 1. The van der Waals surface area contributed by atoms with Gasteiger partial charge in [0, 0.05) is 36.7 Å². The Morgan fingerprint density at radius 3 is 2.56 bits per heavy atom. The van der Waals surface area contributed by atoms with E-state index in [0.29, 0.717) is 17.0 Å². The number of hydrogen-bond acceptors (Lipinski definition) is 4. The Morgan fingerprint density at radius 2 is 1.88 bits per heavy atom. The molecule has 2 fully saturated rings. The summed E-state index contributed by atoms with van der Waals surface area (Å²) in [7, 11) is 0. The fourth-order valence-electron chi connectivity index (χ4n) is 4.17. The summed E-state index contributed by atoms with van der Waals surface area (Å²) < 4.78 is 0. The van der Waals surface area contributed by atoms with E-state index in [9.17, 15) is 4.79 Å². The Balaban J connectivity index is 1.23. The molecule has 5 nitrogen and oxygen atoms in total. The fourth-order valence-corrected chi connectivity index (χ4v) is 4.17. The van der Waals surface area contributed by atoms with E-state index in [1.807, 2.05) is 12.3 Å². The Kier molecular flexibility index (Phi) is 4.49. The highest BCUT2D eigenvalue weighted by molar-refractivity contribution is 5.94. The van der Waals surface area contributed by atoms with Crippen LogP contribution in [0.3, 0.4) is 0 Å². The second-order valence-electron chi connectivity index (χ2n) is 7.41. The first-order valence-electron chi connectivity index (χ1n) is 9.06.